The lowest BCUT2D eigenvalue weighted by Gasteiger charge is -2.60. The Morgan fingerprint density at radius 1 is 1.27 bits per heavy atom. The topological polar surface area (TPSA) is 38.8 Å². The first-order valence-electron chi connectivity index (χ1n) is 9.16. The van der Waals surface area contributed by atoms with Gasteiger partial charge in [-0.15, -0.1) is 0 Å². The number of carbonyl (C=O) groups excluding carboxylic acids is 1. The fourth-order valence-electron chi connectivity index (χ4n) is 4.89. The molecule has 126 valence electrons. The molecule has 0 N–H and O–H groups in total. The summed E-state index contributed by atoms with van der Waals surface area (Å²) in [6.07, 6.45) is 10.6. The number of hydrogen-bond donors (Lipinski definition) is 0. The quantitative estimate of drug-likeness (QED) is 0.783. The van der Waals surface area contributed by atoms with Crippen LogP contribution in [0.25, 0.3) is 0 Å². The molecule has 4 heteroatoms. The summed E-state index contributed by atoms with van der Waals surface area (Å²) in [6, 6.07) is 0.373. The van der Waals surface area contributed by atoms with E-state index in [2.05, 4.69) is 6.92 Å². The van der Waals surface area contributed by atoms with Crippen LogP contribution in [0.4, 0.5) is 0 Å². The summed E-state index contributed by atoms with van der Waals surface area (Å²) in [5, 5.41) is 0. The van der Waals surface area contributed by atoms with Gasteiger partial charge >= 0.3 is 0 Å². The van der Waals surface area contributed by atoms with Crippen LogP contribution in [-0.4, -0.2) is 49.3 Å². The Balaban J connectivity index is 1.63. The molecule has 4 nitrogen and oxygen atoms in total. The molecule has 1 saturated heterocycles. The van der Waals surface area contributed by atoms with Crippen molar-refractivity contribution in [3.05, 3.63) is 0 Å². The smallest absolute Gasteiger partial charge is 0.225 e. The highest BCUT2D eigenvalue weighted by molar-refractivity contribution is 5.77. The van der Waals surface area contributed by atoms with Crippen LogP contribution >= 0.6 is 0 Å². The van der Waals surface area contributed by atoms with E-state index < -0.39 is 0 Å². The van der Waals surface area contributed by atoms with E-state index in [4.69, 9.17) is 9.47 Å². The van der Waals surface area contributed by atoms with Gasteiger partial charge in [0.15, 0.2) is 0 Å². The minimum absolute atomic E-state index is 0.153. The standard InChI is InChI=1S/C18H31NO3/c1-3-21-16-13-15(18(16)9-5-4-6-10-18)19(2)17(20)12-14-8-7-11-22-14/h14-16H,3-13H2,1-2H3/t14-,15+,16-/m1/s1. The van der Waals surface area contributed by atoms with E-state index in [0.717, 1.165) is 32.5 Å². The van der Waals surface area contributed by atoms with E-state index in [-0.39, 0.29) is 17.4 Å². The molecule has 2 aliphatic carbocycles. The molecule has 0 aromatic heterocycles. The van der Waals surface area contributed by atoms with Crippen LogP contribution in [0.15, 0.2) is 0 Å². The largest absolute Gasteiger partial charge is 0.378 e. The predicted octanol–water partition coefficient (Wildman–Crippen LogP) is 3.14. The Kier molecular flexibility index (Phi) is 5.08. The van der Waals surface area contributed by atoms with Gasteiger partial charge in [0.25, 0.3) is 0 Å². The van der Waals surface area contributed by atoms with E-state index in [1.807, 2.05) is 11.9 Å². The highest BCUT2D eigenvalue weighted by atomic mass is 16.5. The molecule has 0 unspecified atom stereocenters. The lowest BCUT2D eigenvalue weighted by molar-refractivity contribution is -0.185. The molecule has 1 heterocycles. The summed E-state index contributed by atoms with van der Waals surface area (Å²) in [6.45, 7) is 3.68. The van der Waals surface area contributed by atoms with Crippen LogP contribution < -0.4 is 0 Å². The van der Waals surface area contributed by atoms with Gasteiger partial charge in [0.2, 0.25) is 5.91 Å². The number of carbonyl (C=O) groups is 1. The Bertz CT molecular complexity index is 386. The van der Waals surface area contributed by atoms with Gasteiger partial charge in [-0.05, 0) is 39.0 Å². The van der Waals surface area contributed by atoms with Crippen LogP contribution in [0.3, 0.4) is 0 Å². The maximum Gasteiger partial charge on any atom is 0.225 e. The molecule has 3 atom stereocenters. The second kappa shape index (κ2) is 6.88. The van der Waals surface area contributed by atoms with Crippen molar-refractivity contribution in [3.8, 4) is 0 Å². The molecule has 3 rings (SSSR count). The third kappa shape index (κ3) is 2.92. The van der Waals surface area contributed by atoms with Gasteiger partial charge in [0.1, 0.15) is 0 Å². The van der Waals surface area contributed by atoms with Crippen LogP contribution in [0.1, 0.15) is 64.7 Å². The second-order valence-corrected chi connectivity index (χ2v) is 7.33. The Morgan fingerprint density at radius 3 is 2.68 bits per heavy atom. The number of ether oxygens (including phenoxy) is 2. The molecular weight excluding hydrogens is 278 g/mol. The summed E-state index contributed by atoms with van der Waals surface area (Å²) in [5.41, 5.74) is 0.231. The molecule has 1 amide bonds. The molecule has 1 aliphatic heterocycles. The van der Waals surface area contributed by atoms with Crippen molar-refractivity contribution in [1.82, 2.24) is 4.90 Å². The summed E-state index contributed by atoms with van der Waals surface area (Å²) < 4.78 is 11.6. The van der Waals surface area contributed by atoms with Gasteiger partial charge in [-0.2, -0.15) is 0 Å². The van der Waals surface area contributed by atoms with E-state index in [1.54, 1.807) is 0 Å². The van der Waals surface area contributed by atoms with Gasteiger partial charge in [0.05, 0.1) is 18.6 Å². The molecule has 0 radical (unpaired) electrons. The van der Waals surface area contributed by atoms with Crippen LogP contribution in [-0.2, 0) is 14.3 Å². The summed E-state index contributed by atoms with van der Waals surface area (Å²) in [4.78, 5) is 14.7. The third-order valence-electron chi connectivity index (χ3n) is 6.18. The molecule has 0 aromatic carbocycles. The molecule has 2 saturated carbocycles. The van der Waals surface area contributed by atoms with Crippen molar-refractivity contribution in [1.29, 1.82) is 0 Å². The molecule has 1 spiro atoms. The Hall–Kier alpha value is -0.610. The zero-order chi connectivity index (χ0) is 15.6. The highest BCUT2D eigenvalue weighted by Crippen LogP contribution is 2.55. The van der Waals surface area contributed by atoms with E-state index in [0.29, 0.717) is 18.6 Å². The molecular formula is C18H31NO3. The lowest BCUT2D eigenvalue weighted by atomic mass is 9.54. The van der Waals surface area contributed by atoms with Crippen LogP contribution in [0, 0.1) is 5.41 Å². The van der Waals surface area contributed by atoms with Gasteiger partial charge in [0, 0.05) is 31.7 Å². The van der Waals surface area contributed by atoms with E-state index in [1.165, 1.54) is 32.1 Å². The predicted molar refractivity (Wildman–Crippen MR) is 85.7 cm³/mol. The van der Waals surface area contributed by atoms with Crippen molar-refractivity contribution in [3.63, 3.8) is 0 Å². The molecule has 0 aromatic rings. The minimum atomic E-state index is 0.153. The van der Waals surface area contributed by atoms with Crippen molar-refractivity contribution in [2.24, 2.45) is 5.41 Å². The number of nitrogens with zero attached hydrogens (tertiary/aromatic N) is 1. The fraction of sp³-hybridized carbons (Fsp3) is 0.944. The first-order valence-corrected chi connectivity index (χ1v) is 9.16. The molecule has 3 fully saturated rings. The average Bonchev–Trinajstić information content (AvgIpc) is 3.04. The fourth-order valence-corrected chi connectivity index (χ4v) is 4.89. The van der Waals surface area contributed by atoms with Gasteiger partial charge in [-0.1, -0.05) is 19.3 Å². The maximum atomic E-state index is 12.6. The number of rotatable bonds is 5. The van der Waals surface area contributed by atoms with E-state index in [9.17, 15) is 4.79 Å². The monoisotopic (exact) mass is 309 g/mol. The van der Waals surface area contributed by atoms with Crippen molar-refractivity contribution >= 4 is 5.91 Å². The molecule has 3 aliphatic rings. The molecule has 22 heavy (non-hydrogen) atoms. The SMILES string of the molecule is CCO[C@@H]1C[C@H](N(C)C(=O)C[C@H]2CCCO2)C12CCCCC2. The molecule has 0 bridgehead atoms. The number of hydrogen-bond acceptors (Lipinski definition) is 3. The average molecular weight is 309 g/mol. The Labute approximate surface area is 134 Å². The van der Waals surface area contributed by atoms with Crippen LogP contribution in [0.2, 0.25) is 0 Å². The zero-order valence-corrected chi connectivity index (χ0v) is 14.2. The van der Waals surface area contributed by atoms with Crippen molar-refractivity contribution < 1.29 is 14.3 Å². The Morgan fingerprint density at radius 2 is 2.05 bits per heavy atom. The van der Waals surface area contributed by atoms with Crippen molar-refractivity contribution in [2.75, 3.05) is 20.3 Å². The summed E-state index contributed by atoms with van der Waals surface area (Å²) in [7, 11) is 2.00. The minimum Gasteiger partial charge on any atom is -0.378 e. The summed E-state index contributed by atoms with van der Waals surface area (Å²) >= 11 is 0. The van der Waals surface area contributed by atoms with Gasteiger partial charge in [-0.3, -0.25) is 4.79 Å². The second-order valence-electron chi connectivity index (χ2n) is 7.33. The summed E-state index contributed by atoms with van der Waals surface area (Å²) in [5.74, 6) is 0.261. The first-order chi connectivity index (χ1) is 10.7. The van der Waals surface area contributed by atoms with Gasteiger partial charge in [-0.25, -0.2) is 0 Å². The van der Waals surface area contributed by atoms with Crippen molar-refractivity contribution in [2.45, 2.75) is 83.0 Å². The van der Waals surface area contributed by atoms with E-state index >= 15 is 0 Å². The number of amides is 1. The van der Waals surface area contributed by atoms with Gasteiger partial charge < -0.3 is 14.4 Å². The normalized spacial score (nSPS) is 33.6. The zero-order valence-electron chi connectivity index (χ0n) is 14.2. The highest BCUT2D eigenvalue weighted by Gasteiger charge is 2.57. The third-order valence-corrected chi connectivity index (χ3v) is 6.18. The first kappa shape index (κ1) is 16.3. The van der Waals surface area contributed by atoms with Crippen LogP contribution in [0.5, 0.6) is 0 Å². The lowest BCUT2D eigenvalue weighted by Crippen LogP contribution is -2.65. The maximum absolute atomic E-state index is 12.6.